The highest BCUT2D eigenvalue weighted by Gasteiger charge is 2.09. The van der Waals surface area contributed by atoms with Crippen LogP contribution in [0.3, 0.4) is 0 Å². The number of aryl methyl sites for hydroxylation is 2. The molecule has 0 unspecified atom stereocenters. The van der Waals surface area contributed by atoms with Gasteiger partial charge in [0.15, 0.2) is 5.16 Å². The second kappa shape index (κ2) is 5.18. The molecule has 0 atom stereocenters. The van der Waals surface area contributed by atoms with Gasteiger partial charge >= 0.3 is 0 Å². The number of imidazole rings is 2. The molecule has 110 valence electrons. The van der Waals surface area contributed by atoms with Gasteiger partial charge in [0.2, 0.25) is 0 Å². The van der Waals surface area contributed by atoms with Crippen LogP contribution >= 0.6 is 11.8 Å². The number of rotatable bonds is 3. The van der Waals surface area contributed by atoms with Crippen molar-refractivity contribution in [3.05, 3.63) is 60.0 Å². The number of benzene rings is 1. The van der Waals surface area contributed by atoms with E-state index in [9.17, 15) is 0 Å². The van der Waals surface area contributed by atoms with Gasteiger partial charge < -0.3 is 8.97 Å². The summed E-state index contributed by atoms with van der Waals surface area (Å²) >= 11 is 1.72. The molecule has 5 heteroatoms. The third kappa shape index (κ3) is 2.27. The molecule has 3 heterocycles. The van der Waals surface area contributed by atoms with E-state index in [0.717, 1.165) is 33.3 Å². The van der Waals surface area contributed by atoms with E-state index in [2.05, 4.69) is 63.5 Å². The lowest BCUT2D eigenvalue weighted by atomic mass is 10.3. The van der Waals surface area contributed by atoms with Crippen LogP contribution < -0.4 is 0 Å². The SMILES string of the molecule is Cc1ccc2nc(CSc3nc4ccccc4n3C)cn2c1. The van der Waals surface area contributed by atoms with Gasteiger partial charge in [-0.15, -0.1) is 0 Å². The van der Waals surface area contributed by atoms with Crippen molar-refractivity contribution < 1.29 is 0 Å². The van der Waals surface area contributed by atoms with E-state index in [4.69, 9.17) is 0 Å². The molecule has 0 bridgehead atoms. The van der Waals surface area contributed by atoms with Gasteiger partial charge in [0, 0.05) is 25.2 Å². The minimum atomic E-state index is 0.817. The minimum absolute atomic E-state index is 0.817. The molecule has 0 aliphatic carbocycles. The lowest BCUT2D eigenvalue weighted by Crippen LogP contribution is -1.91. The second-order valence-corrected chi connectivity index (χ2v) is 6.38. The first kappa shape index (κ1) is 13.4. The summed E-state index contributed by atoms with van der Waals surface area (Å²) in [6.07, 6.45) is 4.20. The zero-order valence-corrected chi connectivity index (χ0v) is 13.3. The first-order chi connectivity index (χ1) is 10.7. The highest BCUT2D eigenvalue weighted by molar-refractivity contribution is 7.98. The lowest BCUT2D eigenvalue weighted by Gasteiger charge is -2.00. The normalized spacial score (nSPS) is 11.5. The predicted octanol–water partition coefficient (Wildman–Crippen LogP) is 3.82. The fraction of sp³-hybridized carbons (Fsp3) is 0.176. The molecule has 0 saturated heterocycles. The van der Waals surface area contributed by atoms with Crippen LogP contribution in [0.2, 0.25) is 0 Å². The number of para-hydroxylation sites is 2. The number of pyridine rings is 1. The molecule has 0 aliphatic rings. The predicted molar refractivity (Wildman–Crippen MR) is 90.2 cm³/mol. The number of hydrogen-bond acceptors (Lipinski definition) is 3. The number of nitrogens with zero attached hydrogens (tertiary/aromatic N) is 4. The summed E-state index contributed by atoms with van der Waals surface area (Å²) in [5, 5.41) is 1.02. The van der Waals surface area contributed by atoms with E-state index < -0.39 is 0 Å². The molecule has 4 rings (SSSR count). The minimum Gasteiger partial charge on any atom is -0.322 e. The average molecular weight is 308 g/mol. The Morgan fingerprint density at radius 2 is 1.91 bits per heavy atom. The highest BCUT2D eigenvalue weighted by Crippen LogP contribution is 2.25. The maximum absolute atomic E-state index is 4.69. The van der Waals surface area contributed by atoms with Gasteiger partial charge in [-0.3, -0.25) is 0 Å². The third-order valence-corrected chi connectivity index (χ3v) is 4.81. The van der Waals surface area contributed by atoms with E-state index >= 15 is 0 Å². The molecular weight excluding hydrogens is 292 g/mol. The maximum atomic E-state index is 4.69. The van der Waals surface area contributed by atoms with Crippen LogP contribution in [0.1, 0.15) is 11.3 Å². The van der Waals surface area contributed by atoms with E-state index in [1.807, 2.05) is 18.2 Å². The monoisotopic (exact) mass is 308 g/mol. The number of hydrogen-bond donors (Lipinski definition) is 0. The largest absolute Gasteiger partial charge is 0.322 e. The summed E-state index contributed by atoms with van der Waals surface area (Å²) in [5.74, 6) is 0.817. The van der Waals surface area contributed by atoms with E-state index in [-0.39, 0.29) is 0 Å². The second-order valence-electron chi connectivity index (χ2n) is 5.43. The van der Waals surface area contributed by atoms with Crippen molar-refractivity contribution in [2.45, 2.75) is 17.8 Å². The Kier molecular flexibility index (Phi) is 3.15. The van der Waals surface area contributed by atoms with Crippen molar-refractivity contribution in [2.75, 3.05) is 0 Å². The van der Waals surface area contributed by atoms with Crippen molar-refractivity contribution in [3.63, 3.8) is 0 Å². The smallest absolute Gasteiger partial charge is 0.169 e. The van der Waals surface area contributed by atoms with Gasteiger partial charge in [-0.2, -0.15) is 0 Å². The van der Waals surface area contributed by atoms with E-state index in [1.54, 1.807) is 11.8 Å². The summed E-state index contributed by atoms with van der Waals surface area (Å²) < 4.78 is 4.22. The van der Waals surface area contributed by atoms with Crippen LogP contribution in [0.4, 0.5) is 0 Å². The zero-order valence-electron chi connectivity index (χ0n) is 12.5. The Labute approximate surface area is 132 Å². The Hall–Kier alpha value is -2.27. The van der Waals surface area contributed by atoms with Crippen LogP contribution in [-0.2, 0) is 12.8 Å². The Bertz CT molecular complexity index is 967. The van der Waals surface area contributed by atoms with Gasteiger partial charge in [-0.25, -0.2) is 9.97 Å². The quantitative estimate of drug-likeness (QED) is 0.540. The van der Waals surface area contributed by atoms with Gasteiger partial charge in [0.25, 0.3) is 0 Å². The topological polar surface area (TPSA) is 35.1 Å². The molecule has 0 saturated carbocycles. The van der Waals surface area contributed by atoms with E-state index in [0.29, 0.717) is 0 Å². The first-order valence-corrected chi connectivity index (χ1v) is 8.18. The number of fused-ring (bicyclic) bond motifs is 2. The molecule has 0 aliphatic heterocycles. The van der Waals surface area contributed by atoms with Crippen LogP contribution in [0.5, 0.6) is 0 Å². The van der Waals surface area contributed by atoms with Crippen molar-refractivity contribution in [3.8, 4) is 0 Å². The molecule has 1 aromatic carbocycles. The summed E-state index contributed by atoms with van der Waals surface area (Å²) in [5.41, 5.74) is 5.50. The Morgan fingerprint density at radius 3 is 2.77 bits per heavy atom. The number of aromatic nitrogens is 4. The van der Waals surface area contributed by atoms with Crippen LogP contribution in [-0.4, -0.2) is 18.9 Å². The summed E-state index contributed by atoms with van der Waals surface area (Å²) in [6.45, 7) is 2.09. The van der Waals surface area contributed by atoms with Crippen LogP contribution in [0.25, 0.3) is 16.7 Å². The van der Waals surface area contributed by atoms with Crippen molar-refractivity contribution in [1.82, 2.24) is 18.9 Å². The Morgan fingerprint density at radius 1 is 1.05 bits per heavy atom. The fourth-order valence-corrected chi connectivity index (χ4v) is 3.49. The molecule has 0 N–H and O–H groups in total. The molecule has 3 aromatic heterocycles. The lowest BCUT2D eigenvalue weighted by molar-refractivity contribution is 0.814. The van der Waals surface area contributed by atoms with Gasteiger partial charge in [0.1, 0.15) is 5.65 Å². The standard InChI is InChI=1S/C17H16N4S/c1-12-7-8-16-18-13(10-21(16)9-12)11-22-17-19-14-5-3-4-6-15(14)20(17)2/h3-10H,11H2,1-2H3. The van der Waals surface area contributed by atoms with Gasteiger partial charge in [0.05, 0.1) is 16.7 Å². The zero-order chi connectivity index (χ0) is 15.1. The van der Waals surface area contributed by atoms with Gasteiger partial charge in [-0.1, -0.05) is 30.0 Å². The highest BCUT2D eigenvalue weighted by atomic mass is 32.2. The first-order valence-electron chi connectivity index (χ1n) is 7.19. The van der Waals surface area contributed by atoms with Crippen LogP contribution in [0, 0.1) is 6.92 Å². The van der Waals surface area contributed by atoms with Crippen molar-refractivity contribution in [2.24, 2.45) is 7.05 Å². The fourth-order valence-electron chi connectivity index (χ4n) is 2.62. The molecule has 0 spiro atoms. The molecule has 0 radical (unpaired) electrons. The molecular formula is C17H16N4S. The molecule has 22 heavy (non-hydrogen) atoms. The summed E-state index contributed by atoms with van der Waals surface area (Å²) in [7, 11) is 2.06. The molecule has 4 aromatic rings. The molecule has 0 amide bonds. The maximum Gasteiger partial charge on any atom is 0.169 e. The average Bonchev–Trinajstić information content (AvgIpc) is 3.06. The van der Waals surface area contributed by atoms with Crippen LogP contribution in [0.15, 0.2) is 53.9 Å². The van der Waals surface area contributed by atoms with Crippen molar-refractivity contribution >= 4 is 28.4 Å². The Balaban J connectivity index is 1.61. The molecule has 4 nitrogen and oxygen atoms in total. The van der Waals surface area contributed by atoms with Gasteiger partial charge in [-0.05, 0) is 30.7 Å². The summed E-state index contributed by atoms with van der Waals surface area (Å²) in [4.78, 5) is 9.34. The molecule has 0 fully saturated rings. The number of thioether (sulfide) groups is 1. The third-order valence-electron chi connectivity index (χ3n) is 3.74. The van der Waals surface area contributed by atoms with E-state index in [1.165, 1.54) is 5.56 Å². The van der Waals surface area contributed by atoms with Crippen molar-refractivity contribution in [1.29, 1.82) is 0 Å². The summed E-state index contributed by atoms with van der Waals surface area (Å²) in [6, 6.07) is 12.4.